The highest BCUT2D eigenvalue weighted by Gasteiger charge is 2.21. The zero-order chi connectivity index (χ0) is 19.4. The maximum atomic E-state index is 12.5. The molecule has 1 aromatic heterocycles. The van der Waals surface area contributed by atoms with Crippen LogP contribution in [0, 0.1) is 28.4 Å². The Kier molecular flexibility index (Phi) is 5.52. The monoisotopic (exact) mass is 354 g/mol. The minimum atomic E-state index is -0.570. The molecule has 0 aliphatic carbocycles. The Hall–Kier alpha value is -3.47. The van der Waals surface area contributed by atoms with Crippen molar-refractivity contribution in [2.45, 2.75) is 33.2 Å². The summed E-state index contributed by atoms with van der Waals surface area (Å²) in [6.07, 6.45) is 1.81. The Morgan fingerprint density at radius 3 is 2.69 bits per heavy atom. The summed E-state index contributed by atoms with van der Waals surface area (Å²) >= 11 is 0. The molecule has 0 fully saturated rings. The van der Waals surface area contributed by atoms with Crippen molar-refractivity contribution in [3.63, 3.8) is 0 Å². The van der Waals surface area contributed by atoms with Crippen molar-refractivity contribution >= 4 is 17.6 Å². The quantitative estimate of drug-likeness (QED) is 0.501. The summed E-state index contributed by atoms with van der Waals surface area (Å²) in [7, 11) is 0. The van der Waals surface area contributed by atoms with Gasteiger partial charge in [-0.3, -0.25) is 19.5 Å². The lowest BCUT2D eigenvalue weighted by Gasteiger charge is -2.18. The molecule has 1 unspecified atom stereocenters. The van der Waals surface area contributed by atoms with Crippen molar-refractivity contribution in [1.29, 1.82) is 5.26 Å². The topological polar surface area (TPSA) is 122 Å². The first-order valence-electron chi connectivity index (χ1n) is 7.99. The second-order valence-electron chi connectivity index (χ2n) is 5.79. The summed E-state index contributed by atoms with van der Waals surface area (Å²) in [6, 6.07) is 7.46. The van der Waals surface area contributed by atoms with Gasteiger partial charge in [0.1, 0.15) is 17.3 Å². The molecule has 8 nitrogen and oxygen atoms in total. The summed E-state index contributed by atoms with van der Waals surface area (Å²) in [5, 5.41) is 31.0. The van der Waals surface area contributed by atoms with Gasteiger partial charge in [-0.25, -0.2) is 4.99 Å². The molecule has 0 bridgehead atoms. The molecule has 2 rings (SSSR count). The number of pyridine rings is 1. The van der Waals surface area contributed by atoms with Crippen LogP contribution in [0.3, 0.4) is 0 Å². The predicted octanol–water partition coefficient (Wildman–Crippen LogP) is 3.36. The average Bonchev–Trinajstić information content (AvgIpc) is 2.61. The summed E-state index contributed by atoms with van der Waals surface area (Å²) in [5.74, 6) is -0.316. The number of aromatic nitrogens is 1. The summed E-state index contributed by atoms with van der Waals surface area (Å²) in [6.45, 7) is 5.13. The Balaban J connectivity index is 2.70. The first kappa shape index (κ1) is 18.9. The molecular formula is C18H18N4O4. The number of aliphatic imine (C=N–C) groups is 1. The molecule has 0 amide bonds. The van der Waals surface area contributed by atoms with Gasteiger partial charge >= 0.3 is 0 Å². The number of nitro benzene ring substituents is 1. The molecule has 0 saturated heterocycles. The van der Waals surface area contributed by atoms with Crippen LogP contribution < -0.4 is 5.56 Å². The summed E-state index contributed by atoms with van der Waals surface area (Å²) in [5.41, 5.74) is -0.281. The van der Waals surface area contributed by atoms with Gasteiger partial charge in [0.05, 0.1) is 10.5 Å². The highest BCUT2D eigenvalue weighted by atomic mass is 16.6. The van der Waals surface area contributed by atoms with Gasteiger partial charge in [-0.1, -0.05) is 19.1 Å². The van der Waals surface area contributed by atoms with Gasteiger partial charge in [0.25, 0.3) is 11.2 Å². The zero-order valence-electron chi connectivity index (χ0n) is 14.6. The van der Waals surface area contributed by atoms with Crippen LogP contribution in [0.15, 0.2) is 34.1 Å². The van der Waals surface area contributed by atoms with Crippen LogP contribution in [0.2, 0.25) is 0 Å². The number of nitro groups is 1. The lowest BCUT2D eigenvalue weighted by molar-refractivity contribution is -0.384. The number of hydrogen-bond donors (Lipinski definition) is 1. The third-order valence-corrected chi connectivity index (χ3v) is 4.24. The Morgan fingerprint density at radius 1 is 1.46 bits per heavy atom. The minimum Gasteiger partial charge on any atom is -0.494 e. The van der Waals surface area contributed by atoms with E-state index in [2.05, 4.69) is 4.99 Å². The van der Waals surface area contributed by atoms with Crippen molar-refractivity contribution in [3.05, 3.63) is 61.4 Å². The number of aromatic hydroxyl groups is 1. The Labute approximate surface area is 149 Å². The van der Waals surface area contributed by atoms with E-state index in [0.29, 0.717) is 6.42 Å². The van der Waals surface area contributed by atoms with Crippen molar-refractivity contribution in [1.82, 2.24) is 4.57 Å². The molecule has 134 valence electrons. The van der Waals surface area contributed by atoms with Crippen LogP contribution in [-0.2, 0) is 0 Å². The molecule has 0 saturated carbocycles. The smallest absolute Gasteiger partial charge is 0.294 e. The third kappa shape index (κ3) is 3.32. The first-order chi connectivity index (χ1) is 12.3. The lowest BCUT2D eigenvalue weighted by atomic mass is 10.0. The largest absolute Gasteiger partial charge is 0.494 e. The Bertz CT molecular complexity index is 986. The average molecular weight is 354 g/mol. The van der Waals surface area contributed by atoms with E-state index in [0.717, 1.165) is 4.57 Å². The number of nitriles is 1. The summed E-state index contributed by atoms with van der Waals surface area (Å²) < 4.78 is 1.15. The highest BCUT2D eigenvalue weighted by Crippen LogP contribution is 2.28. The second-order valence-corrected chi connectivity index (χ2v) is 5.79. The van der Waals surface area contributed by atoms with Crippen LogP contribution in [0.25, 0.3) is 0 Å². The van der Waals surface area contributed by atoms with Gasteiger partial charge < -0.3 is 5.11 Å². The SMILES string of the molecule is CCC(C)n1c(O)c(C=Nc2ccccc2[N+](=O)[O-])c(C)c(C#N)c1=O. The van der Waals surface area contributed by atoms with Gasteiger partial charge in [-0.2, -0.15) is 5.26 Å². The molecular weight excluding hydrogens is 336 g/mol. The van der Waals surface area contributed by atoms with Crippen LogP contribution in [-0.4, -0.2) is 20.8 Å². The van der Waals surface area contributed by atoms with Crippen LogP contribution in [0.4, 0.5) is 11.4 Å². The Morgan fingerprint density at radius 2 is 2.12 bits per heavy atom. The molecule has 0 spiro atoms. The van der Waals surface area contributed by atoms with E-state index in [1.807, 2.05) is 13.0 Å². The fraction of sp³-hybridized carbons (Fsp3) is 0.278. The van der Waals surface area contributed by atoms with Crippen LogP contribution >= 0.6 is 0 Å². The number of benzene rings is 1. The van der Waals surface area contributed by atoms with Crippen LogP contribution in [0.5, 0.6) is 5.88 Å². The molecule has 0 radical (unpaired) electrons. The molecule has 0 aliphatic rings. The number of para-hydroxylation sites is 2. The van der Waals surface area contributed by atoms with E-state index in [-0.39, 0.29) is 40.0 Å². The van der Waals surface area contributed by atoms with Gasteiger partial charge in [-0.15, -0.1) is 0 Å². The van der Waals surface area contributed by atoms with E-state index in [1.165, 1.54) is 31.3 Å². The van der Waals surface area contributed by atoms with Crippen LogP contribution in [0.1, 0.15) is 43.0 Å². The number of nitrogens with zero attached hydrogens (tertiary/aromatic N) is 4. The molecule has 0 aliphatic heterocycles. The molecule has 1 heterocycles. The standard InChI is InChI=1S/C18H18N4O4/c1-4-11(2)21-17(23)13(9-19)12(3)14(18(21)24)10-20-15-7-5-6-8-16(15)22(25)26/h5-8,10-11,24H,4H2,1-3H3. The fourth-order valence-corrected chi connectivity index (χ4v) is 2.55. The van der Waals surface area contributed by atoms with E-state index < -0.39 is 10.5 Å². The number of hydrogen-bond acceptors (Lipinski definition) is 6. The summed E-state index contributed by atoms with van der Waals surface area (Å²) in [4.78, 5) is 27.1. The van der Waals surface area contributed by atoms with Crippen molar-refractivity contribution < 1.29 is 10.0 Å². The van der Waals surface area contributed by atoms with Gasteiger partial charge in [0.2, 0.25) is 5.88 Å². The van der Waals surface area contributed by atoms with E-state index >= 15 is 0 Å². The zero-order valence-corrected chi connectivity index (χ0v) is 14.6. The fourth-order valence-electron chi connectivity index (χ4n) is 2.55. The van der Waals surface area contributed by atoms with Crippen molar-refractivity contribution in [2.75, 3.05) is 0 Å². The maximum absolute atomic E-state index is 12.5. The first-order valence-corrected chi connectivity index (χ1v) is 7.99. The van der Waals surface area contributed by atoms with Gasteiger partial charge in [0, 0.05) is 18.3 Å². The maximum Gasteiger partial charge on any atom is 0.294 e. The molecule has 8 heteroatoms. The van der Waals surface area contributed by atoms with E-state index in [9.17, 15) is 25.3 Å². The van der Waals surface area contributed by atoms with E-state index in [1.54, 1.807) is 13.0 Å². The molecule has 1 atom stereocenters. The highest BCUT2D eigenvalue weighted by molar-refractivity contribution is 5.88. The van der Waals surface area contributed by atoms with Gasteiger partial charge in [-0.05, 0) is 31.9 Å². The predicted molar refractivity (Wildman–Crippen MR) is 97.2 cm³/mol. The van der Waals surface area contributed by atoms with Crippen molar-refractivity contribution in [2.24, 2.45) is 4.99 Å². The normalized spacial score (nSPS) is 12.1. The number of rotatable bonds is 5. The van der Waals surface area contributed by atoms with Crippen molar-refractivity contribution in [3.8, 4) is 11.9 Å². The molecule has 1 N–H and O–H groups in total. The van der Waals surface area contributed by atoms with Gasteiger partial charge in [0.15, 0.2) is 0 Å². The van der Waals surface area contributed by atoms with E-state index in [4.69, 9.17) is 0 Å². The second kappa shape index (κ2) is 7.61. The lowest BCUT2D eigenvalue weighted by Crippen LogP contribution is -2.27. The molecule has 1 aromatic carbocycles. The third-order valence-electron chi connectivity index (χ3n) is 4.24. The molecule has 26 heavy (non-hydrogen) atoms. The minimum absolute atomic E-state index is 0.0906. The molecule has 2 aromatic rings.